The zero-order valence-electron chi connectivity index (χ0n) is 11.7. The van der Waals surface area contributed by atoms with Gasteiger partial charge in [0.2, 0.25) is 0 Å². The summed E-state index contributed by atoms with van der Waals surface area (Å²) in [6.45, 7) is 5.84. The lowest BCUT2D eigenvalue weighted by molar-refractivity contribution is 0.467. The van der Waals surface area contributed by atoms with E-state index in [1.54, 1.807) is 0 Å². The molecule has 0 spiro atoms. The van der Waals surface area contributed by atoms with Gasteiger partial charge in [-0.25, -0.2) is 0 Å². The van der Waals surface area contributed by atoms with Gasteiger partial charge in [0, 0.05) is 20.7 Å². The molecule has 106 valence electrons. The predicted octanol–water partition coefficient (Wildman–Crippen LogP) is 5.60. The highest BCUT2D eigenvalue weighted by atomic mass is 79.9. The van der Waals surface area contributed by atoms with Crippen molar-refractivity contribution < 1.29 is 5.11 Å². The zero-order valence-corrected chi connectivity index (χ0v) is 14.0. The van der Waals surface area contributed by atoms with Crippen molar-refractivity contribution in [1.29, 1.82) is 0 Å². The topological polar surface area (TPSA) is 32.3 Å². The Bertz CT molecular complexity index is 643. The summed E-state index contributed by atoms with van der Waals surface area (Å²) in [4.78, 5) is 0. The van der Waals surface area contributed by atoms with Crippen LogP contribution in [0.25, 0.3) is 0 Å². The monoisotopic (exact) mass is 353 g/mol. The number of benzene rings is 2. The molecular formula is C16H17BrClNO. The normalized spacial score (nSPS) is 12.2. The highest BCUT2D eigenvalue weighted by Gasteiger charge is 2.13. The molecule has 1 atom stereocenters. The van der Waals surface area contributed by atoms with Crippen molar-refractivity contribution in [2.45, 2.75) is 26.8 Å². The van der Waals surface area contributed by atoms with Crippen LogP contribution in [-0.4, -0.2) is 5.11 Å². The molecule has 0 bridgehead atoms. The molecule has 0 aliphatic rings. The summed E-state index contributed by atoms with van der Waals surface area (Å²) in [5.41, 5.74) is 3.67. The standard InChI is InChI=1S/C16H17BrClNO/c1-9-4-7-15(10(2)16(9)20)19-11(3)13-6-5-12(17)8-14(13)18/h4-8,11,19-20H,1-3H3. The average Bonchev–Trinajstić information content (AvgIpc) is 2.39. The molecule has 1 unspecified atom stereocenters. The minimum absolute atomic E-state index is 0.0522. The third-order valence-electron chi connectivity index (χ3n) is 3.43. The van der Waals surface area contributed by atoms with Crippen LogP contribution >= 0.6 is 27.5 Å². The van der Waals surface area contributed by atoms with Gasteiger partial charge in [0.25, 0.3) is 0 Å². The number of halogens is 2. The first kappa shape index (κ1) is 15.2. The first-order valence-corrected chi connectivity index (χ1v) is 7.58. The molecule has 20 heavy (non-hydrogen) atoms. The number of anilines is 1. The molecule has 0 aliphatic carbocycles. The summed E-state index contributed by atoms with van der Waals surface area (Å²) < 4.78 is 0.961. The molecule has 2 aromatic rings. The van der Waals surface area contributed by atoms with Crippen LogP contribution in [0.1, 0.15) is 29.7 Å². The third-order valence-corrected chi connectivity index (χ3v) is 4.25. The third kappa shape index (κ3) is 3.10. The predicted molar refractivity (Wildman–Crippen MR) is 88.8 cm³/mol. The Morgan fingerprint density at radius 3 is 2.55 bits per heavy atom. The molecule has 2 aromatic carbocycles. The van der Waals surface area contributed by atoms with E-state index in [4.69, 9.17) is 11.6 Å². The van der Waals surface area contributed by atoms with E-state index in [2.05, 4.69) is 21.2 Å². The summed E-state index contributed by atoms with van der Waals surface area (Å²) in [7, 11) is 0. The van der Waals surface area contributed by atoms with Crippen molar-refractivity contribution in [3.8, 4) is 5.75 Å². The van der Waals surface area contributed by atoms with Crippen LogP contribution in [0.3, 0.4) is 0 Å². The summed E-state index contributed by atoms with van der Waals surface area (Å²) in [5, 5.41) is 14.1. The van der Waals surface area contributed by atoms with Crippen molar-refractivity contribution in [2.24, 2.45) is 0 Å². The van der Waals surface area contributed by atoms with Crippen LogP contribution < -0.4 is 5.32 Å². The van der Waals surface area contributed by atoms with Crippen molar-refractivity contribution in [3.63, 3.8) is 0 Å². The Morgan fingerprint density at radius 1 is 1.20 bits per heavy atom. The van der Waals surface area contributed by atoms with Crippen LogP contribution in [0.5, 0.6) is 5.75 Å². The first-order valence-electron chi connectivity index (χ1n) is 6.40. The molecule has 0 heterocycles. The fourth-order valence-corrected chi connectivity index (χ4v) is 2.99. The molecule has 2 N–H and O–H groups in total. The molecule has 0 fully saturated rings. The minimum Gasteiger partial charge on any atom is -0.507 e. The van der Waals surface area contributed by atoms with E-state index < -0.39 is 0 Å². The Morgan fingerprint density at radius 2 is 1.90 bits per heavy atom. The number of aromatic hydroxyl groups is 1. The van der Waals surface area contributed by atoms with E-state index >= 15 is 0 Å². The summed E-state index contributed by atoms with van der Waals surface area (Å²) in [6.07, 6.45) is 0. The molecule has 0 radical (unpaired) electrons. The molecule has 4 heteroatoms. The van der Waals surface area contributed by atoms with E-state index in [1.807, 2.05) is 51.1 Å². The second-order valence-corrected chi connectivity index (χ2v) is 6.26. The molecule has 0 saturated carbocycles. The SMILES string of the molecule is Cc1ccc(NC(C)c2ccc(Br)cc2Cl)c(C)c1O. The maximum Gasteiger partial charge on any atom is 0.123 e. The van der Waals surface area contributed by atoms with Crippen LogP contribution in [0, 0.1) is 13.8 Å². The molecule has 2 nitrogen and oxygen atoms in total. The number of phenolic OH excluding ortho intramolecular Hbond substituents is 1. The van der Waals surface area contributed by atoms with E-state index in [0.717, 1.165) is 26.9 Å². The fourth-order valence-electron chi connectivity index (χ4n) is 2.16. The first-order chi connectivity index (χ1) is 9.40. The minimum atomic E-state index is 0.0522. The average molecular weight is 355 g/mol. The lowest BCUT2D eigenvalue weighted by Crippen LogP contribution is -2.08. The molecule has 0 aromatic heterocycles. The van der Waals surface area contributed by atoms with Crippen molar-refractivity contribution in [3.05, 3.63) is 56.5 Å². The Labute approximate surface area is 132 Å². The maximum atomic E-state index is 9.99. The molecular weight excluding hydrogens is 338 g/mol. The molecule has 0 amide bonds. The molecule has 0 aliphatic heterocycles. The van der Waals surface area contributed by atoms with Gasteiger partial charge < -0.3 is 10.4 Å². The van der Waals surface area contributed by atoms with Crippen LogP contribution in [0.2, 0.25) is 5.02 Å². The quantitative estimate of drug-likeness (QED) is 0.752. The van der Waals surface area contributed by atoms with Gasteiger partial charge in [-0.15, -0.1) is 0 Å². The second kappa shape index (κ2) is 6.06. The Balaban J connectivity index is 2.28. The lowest BCUT2D eigenvalue weighted by atomic mass is 10.1. The number of phenols is 1. The van der Waals surface area contributed by atoms with Crippen molar-refractivity contribution in [1.82, 2.24) is 0 Å². The number of hydrogen-bond acceptors (Lipinski definition) is 2. The highest BCUT2D eigenvalue weighted by molar-refractivity contribution is 9.10. The van der Waals surface area contributed by atoms with Gasteiger partial charge in [0.1, 0.15) is 5.75 Å². The van der Waals surface area contributed by atoms with Crippen LogP contribution in [0.4, 0.5) is 5.69 Å². The van der Waals surface area contributed by atoms with Crippen molar-refractivity contribution in [2.75, 3.05) is 5.32 Å². The largest absolute Gasteiger partial charge is 0.507 e. The Kier molecular flexibility index (Phi) is 4.61. The summed E-state index contributed by atoms with van der Waals surface area (Å²) in [6, 6.07) is 9.78. The number of hydrogen-bond donors (Lipinski definition) is 2. The van der Waals surface area contributed by atoms with E-state index in [9.17, 15) is 5.11 Å². The number of nitrogens with one attached hydrogen (secondary N) is 1. The van der Waals surface area contributed by atoms with E-state index in [1.165, 1.54) is 0 Å². The van der Waals surface area contributed by atoms with Gasteiger partial charge in [-0.05, 0) is 50.1 Å². The van der Waals surface area contributed by atoms with Gasteiger partial charge in [-0.3, -0.25) is 0 Å². The fraction of sp³-hybridized carbons (Fsp3) is 0.250. The Hall–Kier alpha value is -1.19. The van der Waals surface area contributed by atoms with Crippen LogP contribution in [0.15, 0.2) is 34.8 Å². The highest BCUT2D eigenvalue weighted by Crippen LogP contribution is 2.33. The lowest BCUT2D eigenvalue weighted by Gasteiger charge is -2.19. The van der Waals surface area contributed by atoms with Gasteiger partial charge in [0.05, 0.1) is 6.04 Å². The van der Waals surface area contributed by atoms with Gasteiger partial charge in [-0.2, -0.15) is 0 Å². The zero-order chi connectivity index (χ0) is 14.9. The van der Waals surface area contributed by atoms with Crippen LogP contribution in [-0.2, 0) is 0 Å². The molecule has 2 rings (SSSR count). The second-order valence-electron chi connectivity index (χ2n) is 4.94. The number of aryl methyl sites for hydroxylation is 1. The smallest absolute Gasteiger partial charge is 0.123 e. The van der Waals surface area contributed by atoms with E-state index in [0.29, 0.717) is 10.8 Å². The summed E-state index contributed by atoms with van der Waals surface area (Å²) in [5.74, 6) is 0.337. The van der Waals surface area contributed by atoms with Crippen molar-refractivity contribution >= 4 is 33.2 Å². The van der Waals surface area contributed by atoms with Gasteiger partial charge in [-0.1, -0.05) is 39.7 Å². The van der Waals surface area contributed by atoms with E-state index in [-0.39, 0.29) is 6.04 Å². The molecule has 0 saturated heterocycles. The number of rotatable bonds is 3. The summed E-state index contributed by atoms with van der Waals surface area (Å²) >= 11 is 9.67. The van der Waals surface area contributed by atoms with Gasteiger partial charge in [0.15, 0.2) is 0 Å². The maximum absolute atomic E-state index is 9.99. The van der Waals surface area contributed by atoms with Gasteiger partial charge >= 0.3 is 0 Å².